The lowest BCUT2D eigenvalue weighted by atomic mass is 9.87. The molecule has 0 saturated heterocycles. The Morgan fingerprint density at radius 3 is 2.54 bits per heavy atom. The Morgan fingerprint density at radius 2 is 1.89 bits per heavy atom. The van der Waals surface area contributed by atoms with Crippen LogP contribution >= 0.6 is 11.3 Å². The molecule has 0 spiro atoms. The highest BCUT2D eigenvalue weighted by molar-refractivity contribution is 7.89. The number of benzene rings is 2. The quantitative estimate of drug-likeness (QED) is 0.362. The number of thiazole rings is 1. The summed E-state index contributed by atoms with van der Waals surface area (Å²) in [5, 5.41) is 12.6. The Bertz CT molecular complexity index is 1360. The summed E-state index contributed by atoms with van der Waals surface area (Å²) in [5.74, 6) is -1.27. The van der Waals surface area contributed by atoms with Crippen molar-refractivity contribution in [3.8, 4) is 0 Å². The molecule has 1 aliphatic carbocycles. The Hall–Kier alpha value is -2.86. The molecule has 1 heterocycles. The summed E-state index contributed by atoms with van der Waals surface area (Å²) in [6.07, 6.45) is 5.10. The number of anilines is 1. The Kier molecular flexibility index (Phi) is 8.58. The van der Waals surface area contributed by atoms with E-state index < -0.39 is 21.9 Å². The van der Waals surface area contributed by atoms with Crippen LogP contribution in [0.15, 0.2) is 47.4 Å². The number of sulfonamides is 1. The summed E-state index contributed by atoms with van der Waals surface area (Å²) in [7, 11) is -0.637. The second-order valence-electron chi connectivity index (χ2n) is 9.32. The number of ether oxygens (including phenoxy) is 1. The molecule has 1 saturated carbocycles. The SMILES string of the molecule is COCCN(C)S(=O)(=O)c1ccc(C(CC2CCCC2)C(=O)Nc2nc3ccc(C(=O)O)cc3s2)cc1. The summed E-state index contributed by atoms with van der Waals surface area (Å²) >= 11 is 1.23. The Labute approximate surface area is 220 Å². The number of hydrogen-bond acceptors (Lipinski definition) is 7. The van der Waals surface area contributed by atoms with Crippen molar-refractivity contribution in [3.05, 3.63) is 53.6 Å². The van der Waals surface area contributed by atoms with Gasteiger partial charge in [-0.15, -0.1) is 0 Å². The van der Waals surface area contributed by atoms with Crippen molar-refractivity contribution >= 4 is 48.6 Å². The minimum absolute atomic E-state index is 0.162. The molecule has 9 nitrogen and oxygen atoms in total. The summed E-state index contributed by atoms with van der Waals surface area (Å²) < 4.78 is 32.7. The first-order valence-electron chi connectivity index (χ1n) is 12.2. The molecule has 2 aromatic carbocycles. The minimum atomic E-state index is -3.67. The number of amides is 1. The third kappa shape index (κ3) is 6.35. The van der Waals surface area contributed by atoms with Crippen LogP contribution in [0, 0.1) is 5.92 Å². The first kappa shape index (κ1) is 27.2. The summed E-state index contributed by atoms with van der Waals surface area (Å²) in [6, 6.07) is 11.2. The van der Waals surface area contributed by atoms with Crippen LogP contribution in [0.25, 0.3) is 10.2 Å². The molecule has 4 rings (SSSR count). The zero-order valence-electron chi connectivity index (χ0n) is 20.8. The smallest absolute Gasteiger partial charge is 0.335 e. The van der Waals surface area contributed by atoms with Crippen LogP contribution in [-0.4, -0.2) is 62.0 Å². The number of carbonyl (C=O) groups is 2. The van der Waals surface area contributed by atoms with Crippen molar-refractivity contribution in [1.82, 2.24) is 9.29 Å². The van der Waals surface area contributed by atoms with E-state index in [2.05, 4.69) is 10.3 Å². The van der Waals surface area contributed by atoms with Gasteiger partial charge >= 0.3 is 5.97 Å². The van der Waals surface area contributed by atoms with Gasteiger partial charge in [0.25, 0.3) is 0 Å². The lowest BCUT2D eigenvalue weighted by Gasteiger charge is -2.21. The number of carboxylic acids is 1. The van der Waals surface area contributed by atoms with Crippen LogP contribution in [0.5, 0.6) is 0 Å². The van der Waals surface area contributed by atoms with Gasteiger partial charge in [0.15, 0.2) is 5.13 Å². The van der Waals surface area contributed by atoms with Gasteiger partial charge in [-0.3, -0.25) is 4.79 Å². The van der Waals surface area contributed by atoms with Crippen LogP contribution in [0.4, 0.5) is 5.13 Å². The van der Waals surface area contributed by atoms with Crippen molar-refractivity contribution < 1.29 is 27.9 Å². The van der Waals surface area contributed by atoms with Crippen molar-refractivity contribution in [2.45, 2.75) is 42.9 Å². The van der Waals surface area contributed by atoms with Crippen molar-refractivity contribution in [1.29, 1.82) is 0 Å². The number of methoxy groups -OCH3 is 1. The van der Waals surface area contributed by atoms with E-state index in [0.717, 1.165) is 31.2 Å². The number of rotatable bonds is 11. The third-order valence-corrected chi connectivity index (χ3v) is 9.63. The molecular weight excluding hydrogens is 514 g/mol. The molecule has 0 bridgehead atoms. The molecule has 1 aromatic heterocycles. The number of aromatic carboxylic acids is 1. The summed E-state index contributed by atoms with van der Waals surface area (Å²) in [4.78, 5) is 29.4. The maximum Gasteiger partial charge on any atom is 0.335 e. The average molecular weight is 546 g/mol. The van der Waals surface area contributed by atoms with Crippen molar-refractivity contribution in [2.24, 2.45) is 5.92 Å². The standard InChI is InChI=1S/C26H31N3O6S2/c1-29(13-14-35-2)37(33,34)20-10-7-18(8-11-20)21(15-17-5-3-4-6-17)24(30)28-26-27-22-12-9-19(25(31)32)16-23(22)36-26/h7-12,16-17,21H,3-6,13-15H2,1-2H3,(H,31,32)(H,27,28,30). The van der Waals surface area contributed by atoms with Gasteiger partial charge in [-0.2, -0.15) is 4.31 Å². The molecule has 0 radical (unpaired) electrons. The monoisotopic (exact) mass is 545 g/mol. The van der Waals surface area contributed by atoms with Gasteiger partial charge in [0.1, 0.15) is 0 Å². The van der Waals surface area contributed by atoms with E-state index >= 15 is 0 Å². The fourth-order valence-electron chi connectivity index (χ4n) is 4.67. The van der Waals surface area contributed by atoms with Crippen LogP contribution < -0.4 is 5.32 Å². The number of likely N-dealkylation sites (N-methyl/N-ethyl adjacent to an activating group) is 1. The molecule has 1 atom stereocenters. The van der Waals surface area contributed by atoms with Gasteiger partial charge in [-0.25, -0.2) is 18.2 Å². The fraction of sp³-hybridized carbons (Fsp3) is 0.423. The first-order chi connectivity index (χ1) is 17.7. The van der Waals surface area contributed by atoms with Gasteiger partial charge in [0.05, 0.1) is 33.2 Å². The Balaban J connectivity index is 1.56. The van der Waals surface area contributed by atoms with Gasteiger partial charge in [-0.05, 0) is 48.2 Å². The predicted molar refractivity (Wildman–Crippen MR) is 143 cm³/mol. The number of nitrogens with zero attached hydrogens (tertiary/aromatic N) is 2. The minimum Gasteiger partial charge on any atom is -0.478 e. The molecule has 2 N–H and O–H groups in total. The van der Waals surface area contributed by atoms with E-state index in [1.54, 1.807) is 36.4 Å². The molecule has 3 aromatic rings. The molecule has 11 heteroatoms. The Morgan fingerprint density at radius 1 is 1.19 bits per heavy atom. The second-order valence-corrected chi connectivity index (χ2v) is 12.4. The van der Waals surface area contributed by atoms with Gasteiger partial charge in [0.2, 0.25) is 15.9 Å². The van der Waals surface area contributed by atoms with Crippen LogP contribution in [0.3, 0.4) is 0 Å². The van der Waals surface area contributed by atoms with Gasteiger partial charge in [-0.1, -0.05) is 49.2 Å². The molecule has 1 aliphatic rings. The zero-order chi connectivity index (χ0) is 26.6. The third-order valence-electron chi connectivity index (χ3n) is 6.83. The molecular formula is C26H31N3O6S2. The van der Waals surface area contributed by atoms with E-state index in [4.69, 9.17) is 4.74 Å². The van der Waals surface area contributed by atoms with Crippen LogP contribution in [0.2, 0.25) is 0 Å². The number of hydrogen-bond donors (Lipinski definition) is 2. The second kappa shape index (κ2) is 11.7. The molecule has 198 valence electrons. The van der Waals surface area contributed by atoms with Crippen LogP contribution in [0.1, 0.15) is 53.9 Å². The molecule has 1 unspecified atom stereocenters. The van der Waals surface area contributed by atoms with Gasteiger partial charge < -0.3 is 15.2 Å². The number of fused-ring (bicyclic) bond motifs is 1. The zero-order valence-corrected chi connectivity index (χ0v) is 22.5. The summed E-state index contributed by atoms with van der Waals surface area (Å²) in [6.45, 7) is 0.532. The maximum atomic E-state index is 13.5. The fourth-order valence-corrected chi connectivity index (χ4v) is 6.73. The highest BCUT2D eigenvalue weighted by Gasteiger charge is 2.28. The molecule has 1 amide bonds. The average Bonchev–Trinajstić information content (AvgIpc) is 3.54. The van der Waals surface area contributed by atoms with Crippen LogP contribution in [-0.2, 0) is 19.6 Å². The first-order valence-corrected chi connectivity index (χ1v) is 14.4. The topological polar surface area (TPSA) is 126 Å². The van der Waals surface area contributed by atoms with E-state index in [1.807, 2.05) is 0 Å². The number of carbonyl (C=O) groups excluding carboxylic acids is 1. The largest absolute Gasteiger partial charge is 0.478 e. The van der Waals surface area contributed by atoms with E-state index in [9.17, 15) is 23.1 Å². The van der Waals surface area contributed by atoms with E-state index in [-0.39, 0.29) is 22.9 Å². The highest BCUT2D eigenvalue weighted by Crippen LogP contribution is 2.36. The lowest BCUT2D eigenvalue weighted by Crippen LogP contribution is -2.30. The number of nitrogens with one attached hydrogen (secondary N) is 1. The van der Waals surface area contributed by atoms with E-state index in [0.29, 0.717) is 34.3 Å². The lowest BCUT2D eigenvalue weighted by molar-refractivity contribution is -0.118. The van der Waals surface area contributed by atoms with Gasteiger partial charge in [0, 0.05) is 20.7 Å². The van der Waals surface area contributed by atoms with Crippen molar-refractivity contribution in [3.63, 3.8) is 0 Å². The maximum absolute atomic E-state index is 13.5. The van der Waals surface area contributed by atoms with E-state index in [1.165, 1.54) is 35.9 Å². The predicted octanol–water partition coefficient (Wildman–Crippen LogP) is 4.56. The molecule has 1 fully saturated rings. The summed E-state index contributed by atoms with van der Waals surface area (Å²) in [5.41, 5.74) is 1.53. The molecule has 0 aliphatic heterocycles. The number of aromatic nitrogens is 1. The molecule has 37 heavy (non-hydrogen) atoms. The highest BCUT2D eigenvalue weighted by atomic mass is 32.2. The van der Waals surface area contributed by atoms with Crippen molar-refractivity contribution in [2.75, 3.05) is 32.6 Å². The number of carboxylic acid groups (broad SMARTS) is 1. The normalized spacial score (nSPS) is 15.3.